The molecule has 1 aliphatic heterocycles. The molecule has 0 saturated heterocycles. The Kier molecular flexibility index (Phi) is 5.05. The molecule has 0 aliphatic carbocycles. The van der Waals surface area contributed by atoms with Crippen molar-refractivity contribution in [2.24, 2.45) is 0 Å². The summed E-state index contributed by atoms with van der Waals surface area (Å²) in [7, 11) is 0. The van der Waals surface area contributed by atoms with Gasteiger partial charge in [0.05, 0.1) is 6.04 Å². The number of aromatic nitrogens is 1. The maximum absolute atomic E-state index is 12.0. The van der Waals surface area contributed by atoms with Gasteiger partial charge in [0.25, 0.3) is 0 Å². The van der Waals surface area contributed by atoms with E-state index in [0.717, 1.165) is 38.9 Å². The first kappa shape index (κ1) is 22.2. The highest BCUT2D eigenvalue weighted by atomic mass is 16.4. The summed E-state index contributed by atoms with van der Waals surface area (Å²) in [5.74, 6) is -0.474. The quantitative estimate of drug-likeness (QED) is 0.394. The summed E-state index contributed by atoms with van der Waals surface area (Å²) in [6.07, 6.45) is 0.320. The van der Waals surface area contributed by atoms with Crippen LogP contribution >= 0.6 is 0 Å². The highest BCUT2D eigenvalue weighted by Gasteiger charge is 2.36. The Hall–Kier alpha value is -2.99. The third-order valence-electron chi connectivity index (χ3n) is 6.37. The predicted octanol–water partition coefficient (Wildman–Crippen LogP) is 4.86. The fraction of sp³-hybridized carbons (Fsp3) is 0.423. The van der Waals surface area contributed by atoms with Crippen LogP contribution in [0.1, 0.15) is 75.5 Å². The number of carboxylic acids is 1. The van der Waals surface area contributed by atoms with Crippen LogP contribution in [-0.2, 0) is 22.0 Å². The molecule has 3 aromatic rings. The maximum atomic E-state index is 12.0. The number of H-pyrrole nitrogens is 1. The highest BCUT2D eigenvalue weighted by molar-refractivity contribution is 5.88. The Bertz CT molecular complexity index is 1180. The number of hydrogen-bond donors (Lipinski definition) is 5. The number of benzene rings is 2. The lowest BCUT2D eigenvalue weighted by Crippen LogP contribution is -2.45. The summed E-state index contributed by atoms with van der Waals surface area (Å²) in [6, 6.07) is 7.93. The Morgan fingerprint density at radius 1 is 0.969 bits per heavy atom. The first-order valence-corrected chi connectivity index (χ1v) is 11.0. The van der Waals surface area contributed by atoms with Crippen LogP contribution in [0.25, 0.3) is 10.9 Å². The van der Waals surface area contributed by atoms with Gasteiger partial charge in [-0.1, -0.05) is 41.5 Å². The van der Waals surface area contributed by atoms with Gasteiger partial charge in [0.2, 0.25) is 0 Å². The molecule has 0 bridgehead atoms. The van der Waals surface area contributed by atoms with E-state index in [1.807, 2.05) is 18.2 Å². The van der Waals surface area contributed by atoms with E-state index in [1.54, 1.807) is 12.1 Å². The molecule has 6 heteroatoms. The lowest BCUT2D eigenvalue weighted by atomic mass is 9.77. The molecule has 0 radical (unpaired) electrons. The van der Waals surface area contributed by atoms with Gasteiger partial charge in [-0.15, -0.1) is 0 Å². The van der Waals surface area contributed by atoms with Gasteiger partial charge in [-0.25, -0.2) is 0 Å². The molecule has 5 N–H and O–H groups in total. The summed E-state index contributed by atoms with van der Waals surface area (Å²) < 4.78 is 0. The maximum Gasteiger partial charge on any atom is 0.321 e. The first-order chi connectivity index (χ1) is 14.8. The molecule has 1 aliphatic rings. The standard InChI is InChI=1S/C26H32N2O4/c1-25(2,3)17-9-13(10-18(23(17)30)26(4,5)6)21-22-16(12-20(28-21)24(31)32)15-11-14(29)7-8-19(15)27-22/h7-11,20-21,27-30H,12H2,1-6H3,(H,31,32)/t20-,21+/m1/s1. The number of carbonyl (C=O) groups is 1. The number of aromatic hydroxyl groups is 2. The van der Waals surface area contributed by atoms with Gasteiger partial charge in [0.15, 0.2) is 0 Å². The lowest BCUT2D eigenvalue weighted by molar-refractivity contribution is -0.139. The van der Waals surface area contributed by atoms with Crippen molar-refractivity contribution in [3.05, 3.63) is 58.3 Å². The number of fused-ring (bicyclic) bond motifs is 3. The second-order valence-electron chi connectivity index (χ2n) is 10.9. The molecule has 0 spiro atoms. The average Bonchev–Trinajstić information content (AvgIpc) is 3.03. The molecule has 170 valence electrons. The number of phenolic OH excluding ortho intramolecular Hbond substituents is 2. The zero-order valence-corrected chi connectivity index (χ0v) is 19.5. The highest BCUT2D eigenvalue weighted by Crippen LogP contribution is 2.43. The average molecular weight is 437 g/mol. The number of hydrogen-bond acceptors (Lipinski definition) is 4. The van der Waals surface area contributed by atoms with Crippen LogP contribution in [-0.4, -0.2) is 32.3 Å². The van der Waals surface area contributed by atoms with Crippen LogP contribution in [0.4, 0.5) is 0 Å². The number of aromatic amines is 1. The monoisotopic (exact) mass is 436 g/mol. The van der Waals surface area contributed by atoms with E-state index < -0.39 is 18.1 Å². The number of rotatable bonds is 2. The molecule has 2 atom stereocenters. The van der Waals surface area contributed by atoms with Crippen LogP contribution in [0.3, 0.4) is 0 Å². The van der Waals surface area contributed by atoms with Crippen molar-refractivity contribution in [2.45, 2.75) is 70.9 Å². The molecule has 2 heterocycles. The summed E-state index contributed by atoms with van der Waals surface area (Å²) in [5.41, 5.74) is 4.62. The van der Waals surface area contributed by atoms with Crippen LogP contribution in [0.15, 0.2) is 30.3 Å². The molecule has 0 unspecified atom stereocenters. The zero-order valence-electron chi connectivity index (χ0n) is 19.5. The number of phenols is 2. The Balaban J connectivity index is 1.99. The van der Waals surface area contributed by atoms with Gasteiger partial charge < -0.3 is 20.3 Å². The van der Waals surface area contributed by atoms with Crippen molar-refractivity contribution in [1.82, 2.24) is 10.3 Å². The van der Waals surface area contributed by atoms with Crippen molar-refractivity contribution in [1.29, 1.82) is 0 Å². The normalized spacial score (nSPS) is 19.2. The van der Waals surface area contributed by atoms with Crippen LogP contribution in [0, 0.1) is 0 Å². The Labute approximate surface area is 188 Å². The van der Waals surface area contributed by atoms with Crippen LogP contribution in [0.2, 0.25) is 0 Å². The van der Waals surface area contributed by atoms with Crippen molar-refractivity contribution >= 4 is 16.9 Å². The van der Waals surface area contributed by atoms with E-state index in [4.69, 9.17) is 0 Å². The molecule has 1 aromatic heterocycles. The van der Waals surface area contributed by atoms with Gasteiger partial charge in [-0.05, 0) is 63.4 Å². The molecular weight excluding hydrogens is 404 g/mol. The smallest absolute Gasteiger partial charge is 0.321 e. The molecule has 0 saturated carbocycles. The molecule has 0 fully saturated rings. The van der Waals surface area contributed by atoms with Gasteiger partial charge in [-0.2, -0.15) is 0 Å². The predicted molar refractivity (Wildman–Crippen MR) is 126 cm³/mol. The first-order valence-electron chi connectivity index (χ1n) is 11.0. The van der Waals surface area contributed by atoms with E-state index in [9.17, 15) is 20.1 Å². The van der Waals surface area contributed by atoms with E-state index in [-0.39, 0.29) is 16.6 Å². The van der Waals surface area contributed by atoms with Crippen molar-refractivity contribution in [3.8, 4) is 11.5 Å². The summed E-state index contributed by atoms with van der Waals surface area (Å²) in [6.45, 7) is 12.4. The fourth-order valence-corrected chi connectivity index (χ4v) is 4.66. The van der Waals surface area contributed by atoms with Crippen molar-refractivity contribution in [3.63, 3.8) is 0 Å². The van der Waals surface area contributed by atoms with Crippen molar-refractivity contribution < 1.29 is 20.1 Å². The Morgan fingerprint density at radius 3 is 2.09 bits per heavy atom. The van der Waals surface area contributed by atoms with Crippen LogP contribution < -0.4 is 5.32 Å². The SMILES string of the molecule is CC(C)(C)c1cc([C@@H]2N[C@@H](C(=O)O)Cc3c2[nH]c2ccc(O)cc32)cc(C(C)(C)C)c1O. The van der Waals surface area contributed by atoms with E-state index >= 15 is 0 Å². The molecule has 32 heavy (non-hydrogen) atoms. The Morgan fingerprint density at radius 2 is 1.56 bits per heavy atom. The second-order valence-corrected chi connectivity index (χ2v) is 10.9. The van der Waals surface area contributed by atoms with E-state index in [2.05, 4.69) is 51.8 Å². The summed E-state index contributed by atoms with van der Waals surface area (Å²) >= 11 is 0. The van der Waals surface area contributed by atoms with Gasteiger partial charge in [-0.3, -0.25) is 10.1 Å². The third-order valence-corrected chi connectivity index (χ3v) is 6.37. The molecular formula is C26H32N2O4. The molecule has 0 amide bonds. The minimum atomic E-state index is -0.916. The van der Waals surface area contributed by atoms with Gasteiger partial charge >= 0.3 is 5.97 Å². The topological polar surface area (TPSA) is 106 Å². The minimum Gasteiger partial charge on any atom is -0.508 e. The van der Waals surface area contributed by atoms with E-state index in [1.165, 1.54) is 0 Å². The summed E-state index contributed by atoms with van der Waals surface area (Å²) in [5, 5.41) is 35.1. The number of carboxylic acid groups (broad SMARTS) is 1. The van der Waals surface area contributed by atoms with Gasteiger partial charge in [0, 0.05) is 23.0 Å². The van der Waals surface area contributed by atoms with Crippen molar-refractivity contribution in [2.75, 3.05) is 0 Å². The van der Waals surface area contributed by atoms with E-state index in [0.29, 0.717) is 12.2 Å². The van der Waals surface area contributed by atoms with Crippen LogP contribution in [0.5, 0.6) is 11.5 Å². The summed E-state index contributed by atoms with van der Waals surface area (Å²) in [4.78, 5) is 15.5. The molecule has 4 rings (SSSR count). The minimum absolute atomic E-state index is 0.149. The number of nitrogens with one attached hydrogen (secondary N) is 2. The largest absolute Gasteiger partial charge is 0.508 e. The lowest BCUT2D eigenvalue weighted by Gasteiger charge is -2.33. The fourth-order valence-electron chi connectivity index (χ4n) is 4.66. The zero-order chi connectivity index (χ0) is 23.6. The second kappa shape index (κ2) is 7.27. The number of aliphatic carboxylic acids is 1. The molecule has 2 aromatic carbocycles. The van der Waals surface area contributed by atoms with Gasteiger partial charge in [0.1, 0.15) is 17.5 Å². The third kappa shape index (κ3) is 3.73. The molecule has 6 nitrogen and oxygen atoms in total.